The molecule has 1 aromatic heterocycles. The molecule has 0 saturated heterocycles. The van der Waals surface area contributed by atoms with Crippen molar-refractivity contribution in [3.63, 3.8) is 0 Å². The number of hydrogen-bond acceptors (Lipinski definition) is 3. The number of aryl methyl sites for hydroxylation is 2. The normalized spacial score (nSPS) is 14.4. The Morgan fingerprint density at radius 1 is 1.53 bits per heavy atom. The van der Waals surface area contributed by atoms with E-state index in [4.69, 9.17) is 0 Å². The predicted molar refractivity (Wildman–Crippen MR) is 67.4 cm³/mol. The number of anilines is 1. The van der Waals surface area contributed by atoms with E-state index in [1.807, 2.05) is 0 Å². The maximum absolute atomic E-state index is 11.2. The summed E-state index contributed by atoms with van der Waals surface area (Å²) in [5.41, 5.74) is 0.807. The smallest absolute Gasteiger partial charge is 0.341 e. The van der Waals surface area contributed by atoms with Gasteiger partial charge in [0.05, 0.1) is 5.69 Å². The van der Waals surface area contributed by atoms with E-state index in [-0.39, 0.29) is 11.6 Å². The first kappa shape index (κ1) is 13.5. The van der Waals surface area contributed by atoms with Crippen LogP contribution < -0.4 is 5.32 Å². The molecule has 0 aliphatic heterocycles. The van der Waals surface area contributed by atoms with Gasteiger partial charge in [0, 0.05) is 13.1 Å². The Morgan fingerprint density at radius 2 is 2.12 bits per heavy atom. The van der Waals surface area contributed by atoms with Gasteiger partial charge in [-0.15, -0.1) is 0 Å². The fraction of sp³-hybridized carbons (Fsp3) is 0.667. The Kier molecular flexibility index (Phi) is 4.15. The fourth-order valence-corrected chi connectivity index (χ4v) is 1.79. The summed E-state index contributed by atoms with van der Waals surface area (Å²) in [6.45, 7) is 8.03. The molecule has 2 unspecified atom stereocenters. The molecular weight excluding hydrogens is 218 g/mol. The second-order valence-corrected chi connectivity index (χ2v) is 4.56. The van der Waals surface area contributed by atoms with Gasteiger partial charge in [0.25, 0.3) is 0 Å². The largest absolute Gasteiger partial charge is 0.477 e. The average Bonchev–Trinajstić information content (AvgIpc) is 2.52. The molecule has 0 aliphatic carbocycles. The van der Waals surface area contributed by atoms with E-state index in [0.717, 1.165) is 6.42 Å². The molecule has 0 aromatic carbocycles. The molecule has 2 atom stereocenters. The van der Waals surface area contributed by atoms with Gasteiger partial charge in [0.15, 0.2) is 0 Å². The first-order valence-electron chi connectivity index (χ1n) is 5.91. The number of carbonyl (C=O) groups is 1. The number of nitrogens with one attached hydrogen (secondary N) is 1. The lowest BCUT2D eigenvalue weighted by Crippen LogP contribution is -2.25. The third-order valence-corrected chi connectivity index (χ3v) is 3.30. The van der Waals surface area contributed by atoms with Gasteiger partial charge in [-0.05, 0) is 19.8 Å². The van der Waals surface area contributed by atoms with Crippen LogP contribution in [0.15, 0.2) is 0 Å². The molecule has 1 heterocycles. The fourth-order valence-electron chi connectivity index (χ4n) is 1.79. The van der Waals surface area contributed by atoms with Gasteiger partial charge in [0.1, 0.15) is 11.4 Å². The number of rotatable bonds is 5. The van der Waals surface area contributed by atoms with Crippen molar-refractivity contribution in [1.29, 1.82) is 0 Å². The monoisotopic (exact) mass is 239 g/mol. The van der Waals surface area contributed by atoms with Gasteiger partial charge in [-0.3, -0.25) is 4.68 Å². The highest BCUT2D eigenvalue weighted by atomic mass is 16.4. The van der Waals surface area contributed by atoms with Gasteiger partial charge < -0.3 is 10.4 Å². The zero-order valence-electron chi connectivity index (χ0n) is 11.1. The van der Waals surface area contributed by atoms with E-state index in [0.29, 0.717) is 17.4 Å². The minimum absolute atomic E-state index is 0.216. The zero-order chi connectivity index (χ0) is 13.2. The molecular formula is C12H21N3O2. The molecule has 5 nitrogen and oxygen atoms in total. The maximum atomic E-state index is 11.2. The summed E-state index contributed by atoms with van der Waals surface area (Å²) in [7, 11) is 1.76. The van der Waals surface area contributed by atoms with Crippen LogP contribution in [0.25, 0.3) is 0 Å². The third kappa shape index (κ3) is 2.78. The first-order valence-corrected chi connectivity index (χ1v) is 5.91. The molecule has 0 bridgehead atoms. The Bertz CT molecular complexity index is 412. The summed E-state index contributed by atoms with van der Waals surface area (Å²) in [6, 6.07) is 0.216. The number of aromatic carboxylic acids is 1. The van der Waals surface area contributed by atoms with E-state index in [1.54, 1.807) is 18.7 Å². The van der Waals surface area contributed by atoms with E-state index < -0.39 is 5.97 Å². The number of carboxylic acids is 1. The number of hydrogen-bond donors (Lipinski definition) is 2. The summed E-state index contributed by atoms with van der Waals surface area (Å²) in [5.74, 6) is 0.129. The van der Waals surface area contributed by atoms with Gasteiger partial charge in [0.2, 0.25) is 0 Å². The van der Waals surface area contributed by atoms with Crippen LogP contribution in [0.2, 0.25) is 0 Å². The van der Waals surface area contributed by atoms with Crippen molar-refractivity contribution in [3.8, 4) is 0 Å². The van der Waals surface area contributed by atoms with Crippen LogP contribution in [0.1, 0.15) is 43.2 Å². The Balaban J connectivity index is 3.01. The maximum Gasteiger partial charge on any atom is 0.341 e. The van der Waals surface area contributed by atoms with Gasteiger partial charge in [-0.2, -0.15) is 5.10 Å². The molecule has 17 heavy (non-hydrogen) atoms. The molecule has 0 spiro atoms. The first-order chi connectivity index (χ1) is 7.88. The molecule has 2 N–H and O–H groups in total. The summed E-state index contributed by atoms with van der Waals surface area (Å²) >= 11 is 0. The van der Waals surface area contributed by atoms with Crippen molar-refractivity contribution in [2.75, 3.05) is 5.32 Å². The van der Waals surface area contributed by atoms with Crippen LogP contribution >= 0.6 is 0 Å². The molecule has 5 heteroatoms. The van der Waals surface area contributed by atoms with Gasteiger partial charge >= 0.3 is 5.97 Å². The quantitative estimate of drug-likeness (QED) is 0.827. The van der Waals surface area contributed by atoms with Crippen molar-refractivity contribution in [3.05, 3.63) is 11.3 Å². The number of aromatic nitrogens is 2. The van der Waals surface area contributed by atoms with E-state index >= 15 is 0 Å². The van der Waals surface area contributed by atoms with Gasteiger partial charge in [-0.25, -0.2) is 4.79 Å². The molecule has 0 aliphatic rings. The number of carboxylic acid groups (broad SMARTS) is 1. The summed E-state index contributed by atoms with van der Waals surface area (Å²) < 4.78 is 1.59. The van der Waals surface area contributed by atoms with E-state index in [2.05, 4.69) is 31.2 Å². The topological polar surface area (TPSA) is 67.2 Å². The second-order valence-electron chi connectivity index (χ2n) is 4.56. The highest BCUT2D eigenvalue weighted by Crippen LogP contribution is 2.21. The zero-order valence-corrected chi connectivity index (χ0v) is 11.1. The van der Waals surface area contributed by atoms with Crippen LogP contribution in [-0.2, 0) is 7.05 Å². The Labute approximate surface area is 102 Å². The molecule has 0 amide bonds. The van der Waals surface area contributed by atoms with Gasteiger partial charge in [-0.1, -0.05) is 20.3 Å². The molecule has 0 fully saturated rings. The third-order valence-electron chi connectivity index (χ3n) is 3.30. The van der Waals surface area contributed by atoms with Crippen molar-refractivity contribution in [2.45, 2.75) is 40.2 Å². The molecule has 96 valence electrons. The van der Waals surface area contributed by atoms with Crippen molar-refractivity contribution < 1.29 is 9.90 Å². The lowest BCUT2D eigenvalue weighted by atomic mass is 10.0. The molecule has 0 saturated carbocycles. The lowest BCUT2D eigenvalue weighted by Gasteiger charge is -2.21. The Morgan fingerprint density at radius 3 is 2.59 bits per heavy atom. The molecule has 1 aromatic rings. The predicted octanol–water partition coefficient (Wildman–Crippen LogP) is 2.27. The number of nitrogens with zero attached hydrogens (tertiary/aromatic N) is 2. The SMILES string of the molecule is CCC(C)C(C)Nc1c(C(=O)O)c(C)nn1C. The minimum Gasteiger partial charge on any atom is -0.477 e. The lowest BCUT2D eigenvalue weighted by molar-refractivity contribution is 0.0697. The van der Waals surface area contributed by atoms with Crippen LogP contribution in [0.4, 0.5) is 5.82 Å². The summed E-state index contributed by atoms with van der Waals surface area (Å²) in [4.78, 5) is 11.2. The minimum atomic E-state index is -0.936. The summed E-state index contributed by atoms with van der Waals surface area (Å²) in [6.07, 6.45) is 1.05. The Hall–Kier alpha value is -1.52. The van der Waals surface area contributed by atoms with Crippen molar-refractivity contribution in [1.82, 2.24) is 9.78 Å². The van der Waals surface area contributed by atoms with Crippen LogP contribution in [0.3, 0.4) is 0 Å². The molecule has 0 radical (unpaired) electrons. The molecule has 1 rings (SSSR count). The highest BCUT2D eigenvalue weighted by Gasteiger charge is 2.21. The van der Waals surface area contributed by atoms with Crippen molar-refractivity contribution >= 4 is 11.8 Å². The van der Waals surface area contributed by atoms with Crippen molar-refractivity contribution in [2.24, 2.45) is 13.0 Å². The second kappa shape index (κ2) is 5.21. The average molecular weight is 239 g/mol. The van der Waals surface area contributed by atoms with Crippen LogP contribution in [0, 0.1) is 12.8 Å². The van der Waals surface area contributed by atoms with Crippen LogP contribution in [0.5, 0.6) is 0 Å². The van der Waals surface area contributed by atoms with Crippen LogP contribution in [-0.4, -0.2) is 26.9 Å². The standard InChI is InChI=1S/C12H21N3O2/c1-6-7(2)8(3)13-11-10(12(16)17)9(4)14-15(11)5/h7-8,13H,6H2,1-5H3,(H,16,17). The highest BCUT2D eigenvalue weighted by molar-refractivity contribution is 5.94. The van der Waals surface area contributed by atoms with E-state index in [1.165, 1.54) is 0 Å². The summed E-state index contributed by atoms with van der Waals surface area (Å²) in [5, 5.41) is 16.6. The van der Waals surface area contributed by atoms with E-state index in [9.17, 15) is 9.90 Å².